The molecular weight excluding hydrogens is 226 g/mol. The largest absolute Gasteiger partial charge is 0.300 e. The van der Waals surface area contributed by atoms with Crippen LogP contribution < -0.4 is 0 Å². The van der Waals surface area contributed by atoms with E-state index in [1.165, 1.54) is 19.3 Å². The summed E-state index contributed by atoms with van der Waals surface area (Å²) < 4.78 is 0. The molecule has 98 valence electrons. The lowest BCUT2D eigenvalue weighted by molar-refractivity contribution is -0.118. The molecule has 0 aromatic carbocycles. The minimum atomic E-state index is 0.279. The number of carbonyl (C=O) groups excluding carboxylic acids is 1. The highest BCUT2D eigenvalue weighted by Gasteiger charge is 2.22. The van der Waals surface area contributed by atoms with Crippen LogP contribution in [0.4, 0.5) is 0 Å². The Morgan fingerprint density at radius 2 is 2.11 bits per heavy atom. The molecule has 1 saturated heterocycles. The molecule has 1 fully saturated rings. The van der Waals surface area contributed by atoms with Gasteiger partial charge >= 0.3 is 0 Å². The number of rotatable bonds is 4. The zero-order valence-corrected chi connectivity index (χ0v) is 11.0. The zero-order valence-electron chi connectivity index (χ0n) is 11.0. The van der Waals surface area contributed by atoms with Gasteiger partial charge in [-0.15, -0.1) is 0 Å². The van der Waals surface area contributed by atoms with Crippen LogP contribution in [0, 0.1) is 0 Å². The van der Waals surface area contributed by atoms with Gasteiger partial charge in [0.1, 0.15) is 11.6 Å². The van der Waals surface area contributed by atoms with Crippen LogP contribution in [-0.4, -0.2) is 33.2 Å². The van der Waals surface area contributed by atoms with Gasteiger partial charge in [0, 0.05) is 24.9 Å². The molecule has 0 bridgehead atoms. The molecule has 1 aromatic rings. The number of Topliss-reactive ketones (excluding diaryl/α,β-unsaturated/α-hetero) is 1. The predicted octanol–water partition coefficient (Wildman–Crippen LogP) is 2.20. The van der Waals surface area contributed by atoms with Crippen LogP contribution in [0.3, 0.4) is 0 Å². The highest BCUT2D eigenvalue weighted by atomic mass is 16.1. The first-order chi connectivity index (χ1) is 8.75. The van der Waals surface area contributed by atoms with Crippen molar-refractivity contribution >= 4 is 5.78 Å². The van der Waals surface area contributed by atoms with Crippen molar-refractivity contribution in [1.82, 2.24) is 14.9 Å². The topological polar surface area (TPSA) is 46.1 Å². The van der Waals surface area contributed by atoms with E-state index in [0.29, 0.717) is 12.5 Å². The van der Waals surface area contributed by atoms with Crippen molar-refractivity contribution in [3.8, 4) is 0 Å². The van der Waals surface area contributed by atoms with E-state index in [4.69, 9.17) is 0 Å². The maximum absolute atomic E-state index is 11.4. The zero-order chi connectivity index (χ0) is 12.8. The molecule has 0 spiro atoms. The molecule has 1 atom stereocenters. The minimum Gasteiger partial charge on any atom is -0.300 e. The molecule has 1 aliphatic rings. The molecule has 2 rings (SSSR count). The Bertz CT molecular complexity index is 380. The molecule has 1 aromatic heterocycles. The standard InChI is InChI=1S/C14H21N3O/c1-12(18)10-13-6-3-2-4-9-17(13)11-14-15-7-5-8-16-14/h5,7-8,13H,2-4,6,9-11H2,1H3. The monoisotopic (exact) mass is 247 g/mol. The van der Waals surface area contributed by atoms with Crippen LogP contribution in [-0.2, 0) is 11.3 Å². The number of likely N-dealkylation sites (tertiary alicyclic amines) is 1. The van der Waals surface area contributed by atoms with Crippen molar-refractivity contribution in [2.24, 2.45) is 0 Å². The summed E-state index contributed by atoms with van der Waals surface area (Å²) in [5, 5.41) is 0. The van der Waals surface area contributed by atoms with Gasteiger partial charge in [-0.2, -0.15) is 0 Å². The molecule has 4 nitrogen and oxygen atoms in total. The Kier molecular flexibility index (Phi) is 4.81. The van der Waals surface area contributed by atoms with E-state index < -0.39 is 0 Å². The van der Waals surface area contributed by atoms with Crippen LogP contribution in [0.2, 0.25) is 0 Å². The van der Waals surface area contributed by atoms with Gasteiger partial charge in [-0.3, -0.25) is 9.69 Å². The van der Waals surface area contributed by atoms with Gasteiger partial charge in [0.2, 0.25) is 0 Å². The van der Waals surface area contributed by atoms with Gasteiger partial charge in [0.25, 0.3) is 0 Å². The first-order valence-electron chi connectivity index (χ1n) is 6.75. The van der Waals surface area contributed by atoms with Crippen LogP contribution >= 0.6 is 0 Å². The third-order valence-corrected chi connectivity index (χ3v) is 3.49. The Balaban J connectivity index is 2.03. The molecule has 0 saturated carbocycles. The second-order valence-corrected chi connectivity index (χ2v) is 5.04. The van der Waals surface area contributed by atoms with E-state index in [1.807, 2.05) is 6.07 Å². The summed E-state index contributed by atoms with van der Waals surface area (Å²) in [5.74, 6) is 1.13. The fraction of sp³-hybridized carbons (Fsp3) is 0.643. The molecule has 0 amide bonds. The van der Waals surface area contributed by atoms with Crippen molar-refractivity contribution in [1.29, 1.82) is 0 Å². The van der Waals surface area contributed by atoms with Gasteiger partial charge in [-0.1, -0.05) is 12.8 Å². The average molecular weight is 247 g/mol. The van der Waals surface area contributed by atoms with Crippen molar-refractivity contribution in [3.63, 3.8) is 0 Å². The lowest BCUT2D eigenvalue weighted by atomic mass is 10.0. The molecular formula is C14H21N3O. The van der Waals surface area contributed by atoms with Crippen molar-refractivity contribution in [3.05, 3.63) is 24.3 Å². The van der Waals surface area contributed by atoms with E-state index in [0.717, 1.165) is 25.3 Å². The molecule has 1 aliphatic heterocycles. The SMILES string of the molecule is CC(=O)CC1CCCCCN1Cc1ncccn1. The lowest BCUT2D eigenvalue weighted by Gasteiger charge is -2.28. The smallest absolute Gasteiger partial charge is 0.142 e. The normalized spacial score (nSPS) is 21.5. The maximum atomic E-state index is 11.4. The number of ketones is 1. The van der Waals surface area contributed by atoms with Crippen LogP contribution in [0.5, 0.6) is 0 Å². The number of hydrogen-bond donors (Lipinski definition) is 0. The van der Waals surface area contributed by atoms with Crippen molar-refractivity contribution < 1.29 is 4.79 Å². The third-order valence-electron chi connectivity index (χ3n) is 3.49. The second-order valence-electron chi connectivity index (χ2n) is 5.04. The summed E-state index contributed by atoms with van der Waals surface area (Å²) >= 11 is 0. The summed E-state index contributed by atoms with van der Waals surface area (Å²) in [7, 11) is 0. The predicted molar refractivity (Wildman–Crippen MR) is 70.0 cm³/mol. The van der Waals surface area contributed by atoms with E-state index in [2.05, 4.69) is 14.9 Å². The summed E-state index contributed by atoms with van der Waals surface area (Å²) in [6, 6.07) is 2.20. The number of nitrogens with zero attached hydrogens (tertiary/aromatic N) is 3. The minimum absolute atomic E-state index is 0.279. The molecule has 0 radical (unpaired) electrons. The fourth-order valence-electron chi connectivity index (χ4n) is 2.60. The van der Waals surface area contributed by atoms with Gasteiger partial charge in [-0.05, 0) is 32.4 Å². The van der Waals surface area contributed by atoms with Gasteiger partial charge < -0.3 is 0 Å². The first-order valence-corrected chi connectivity index (χ1v) is 6.75. The highest BCUT2D eigenvalue weighted by molar-refractivity contribution is 5.76. The second kappa shape index (κ2) is 6.59. The van der Waals surface area contributed by atoms with Gasteiger partial charge in [0.05, 0.1) is 6.54 Å². The first kappa shape index (κ1) is 13.1. The Morgan fingerprint density at radius 3 is 2.83 bits per heavy atom. The lowest BCUT2D eigenvalue weighted by Crippen LogP contribution is -2.36. The number of carbonyl (C=O) groups is 1. The van der Waals surface area contributed by atoms with Gasteiger partial charge in [-0.25, -0.2) is 9.97 Å². The van der Waals surface area contributed by atoms with E-state index >= 15 is 0 Å². The van der Waals surface area contributed by atoms with E-state index in [9.17, 15) is 4.79 Å². The summed E-state index contributed by atoms with van der Waals surface area (Å²) in [4.78, 5) is 22.3. The van der Waals surface area contributed by atoms with Crippen molar-refractivity contribution in [2.45, 2.75) is 51.6 Å². The third kappa shape index (κ3) is 3.88. The van der Waals surface area contributed by atoms with E-state index in [-0.39, 0.29) is 5.78 Å². The molecule has 0 N–H and O–H groups in total. The fourth-order valence-corrected chi connectivity index (χ4v) is 2.60. The highest BCUT2D eigenvalue weighted by Crippen LogP contribution is 2.20. The van der Waals surface area contributed by atoms with Crippen LogP contribution in [0.25, 0.3) is 0 Å². The number of aromatic nitrogens is 2. The summed E-state index contributed by atoms with van der Waals surface area (Å²) in [6.45, 7) is 3.50. The molecule has 2 heterocycles. The Hall–Kier alpha value is -1.29. The van der Waals surface area contributed by atoms with Crippen LogP contribution in [0.15, 0.2) is 18.5 Å². The quantitative estimate of drug-likeness (QED) is 0.818. The summed E-state index contributed by atoms with van der Waals surface area (Å²) in [5.41, 5.74) is 0. The average Bonchev–Trinajstić information content (AvgIpc) is 2.56. The molecule has 1 unspecified atom stereocenters. The molecule has 18 heavy (non-hydrogen) atoms. The summed E-state index contributed by atoms with van der Waals surface area (Å²) in [6.07, 6.45) is 9.03. The maximum Gasteiger partial charge on any atom is 0.142 e. The van der Waals surface area contributed by atoms with E-state index in [1.54, 1.807) is 19.3 Å². The Labute approximate surface area is 108 Å². The van der Waals surface area contributed by atoms with Crippen LogP contribution in [0.1, 0.15) is 44.9 Å². The number of hydrogen-bond acceptors (Lipinski definition) is 4. The van der Waals surface area contributed by atoms with Gasteiger partial charge in [0.15, 0.2) is 0 Å². The van der Waals surface area contributed by atoms with Crippen molar-refractivity contribution in [2.75, 3.05) is 6.54 Å². The molecule has 4 heteroatoms. The Morgan fingerprint density at radius 1 is 1.33 bits per heavy atom. The molecule has 0 aliphatic carbocycles.